The highest BCUT2D eigenvalue weighted by Gasteiger charge is 2.56. The molecule has 0 atom stereocenters. The number of nitrogens with one attached hydrogen (secondary N) is 1. The molecule has 0 amide bonds. The highest BCUT2D eigenvalue weighted by molar-refractivity contribution is 5.49. The van der Waals surface area contributed by atoms with E-state index in [4.69, 9.17) is 20.8 Å². The van der Waals surface area contributed by atoms with Crippen LogP contribution in [-0.2, 0) is 20.8 Å². The first-order chi connectivity index (χ1) is 24.3. The van der Waals surface area contributed by atoms with Gasteiger partial charge in [-0.25, -0.2) is 5.84 Å². The molecule has 15 heteroatoms. The Bertz CT molecular complexity index is 1270. The predicted octanol–water partition coefficient (Wildman–Crippen LogP) is 6.24. The van der Waals surface area contributed by atoms with Gasteiger partial charge >= 0.3 is 0 Å². The van der Waals surface area contributed by atoms with Gasteiger partial charge < -0.3 is 9.80 Å². The summed E-state index contributed by atoms with van der Waals surface area (Å²) in [4.78, 5) is 19.9. The molecule has 0 unspecified atom stereocenters. The number of aromatic nitrogens is 3. The van der Waals surface area contributed by atoms with Crippen molar-refractivity contribution in [1.29, 1.82) is 0 Å². The Morgan fingerprint density at radius 2 is 0.611 bits per heavy atom. The van der Waals surface area contributed by atoms with Crippen LogP contribution in [0.2, 0.25) is 0 Å². The van der Waals surface area contributed by atoms with Gasteiger partial charge in [0.05, 0.1) is 0 Å². The van der Waals surface area contributed by atoms with Gasteiger partial charge in [-0.3, -0.25) is 5.43 Å². The van der Waals surface area contributed by atoms with Crippen LogP contribution in [0.25, 0.3) is 0 Å². The average molecular weight is 758 g/mol. The van der Waals surface area contributed by atoms with E-state index in [2.05, 4.69) is 15.2 Å². The molecule has 54 heavy (non-hydrogen) atoms. The van der Waals surface area contributed by atoms with Crippen molar-refractivity contribution in [1.82, 2.24) is 35.2 Å². The highest BCUT2D eigenvalue weighted by atomic mass is 16.5. The molecule has 15 nitrogen and oxygen atoms in total. The Kier molecular flexibility index (Phi) is 10.9. The van der Waals surface area contributed by atoms with Crippen LogP contribution >= 0.6 is 0 Å². The van der Waals surface area contributed by atoms with E-state index < -0.39 is 44.3 Å². The molecular weight excluding hydrogens is 687 g/mol. The van der Waals surface area contributed by atoms with Crippen LogP contribution in [-0.4, -0.2) is 104 Å². The molecule has 0 bridgehead atoms. The number of piperidine rings is 4. The van der Waals surface area contributed by atoms with Crippen LogP contribution in [0.4, 0.5) is 17.8 Å². The second-order valence-corrected chi connectivity index (χ2v) is 22.1. The number of nitrogen functional groups attached to an aromatic ring is 1. The lowest BCUT2D eigenvalue weighted by molar-refractivity contribution is -0.294. The number of hydrazine groups is 1. The van der Waals surface area contributed by atoms with Crippen LogP contribution in [0.1, 0.15) is 162 Å². The molecule has 0 aromatic carbocycles. The third-order valence-electron chi connectivity index (χ3n) is 13.1. The molecule has 4 aliphatic heterocycles. The van der Waals surface area contributed by atoms with Crippen molar-refractivity contribution in [2.75, 3.05) is 15.2 Å². The van der Waals surface area contributed by atoms with Gasteiger partial charge in [-0.1, -0.05) is 0 Å². The summed E-state index contributed by atoms with van der Waals surface area (Å²) in [6.45, 7) is 31.9. The summed E-state index contributed by atoms with van der Waals surface area (Å²) in [5.74, 6) is 7.25. The van der Waals surface area contributed by atoms with Crippen molar-refractivity contribution < 1.29 is 20.8 Å². The molecular formula is C39H71N11O4. The van der Waals surface area contributed by atoms with E-state index in [-0.39, 0.29) is 30.1 Å². The van der Waals surface area contributed by atoms with Gasteiger partial charge in [-0.05, 0) is 162 Å². The number of hydrogen-bond acceptors (Lipinski definition) is 11. The van der Waals surface area contributed by atoms with Crippen LogP contribution in [0, 0.1) is 0 Å². The highest BCUT2D eigenvalue weighted by Crippen LogP contribution is 2.48. The van der Waals surface area contributed by atoms with Gasteiger partial charge in [0.25, 0.3) is 0 Å². The standard InChI is InChI=1S/C39H71N11O4/c1-32(2)17-25(18-33(3,4)47(32)51)45(26-19-34(5,6)48(52)35(7,8)20-26)30-41-29(44-40)42-31(43-30)46(27-21-36(9,10)49(53)37(11,12)22-27)28-23-38(13,14)50(54)39(15,16)24-28/h25-28H,17-24,40H2,1-16H3,(H,41,42,43,44). The summed E-state index contributed by atoms with van der Waals surface area (Å²) >= 11 is 0. The van der Waals surface area contributed by atoms with Gasteiger partial charge in [-0.2, -0.15) is 15.0 Å². The Balaban J connectivity index is 1.74. The zero-order valence-corrected chi connectivity index (χ0v) is 36.2. The van der Waals surface area contributed by atoms with Crippen molar-refractivity contribution in [3.05, 3.63) is 0 Å². The average Bonchev–Trinajstić information content (AvgIpc) is 2.99. The fraction of sp³-hybridized carbons (Fsp3) is 0.923. The maximum atomic E-state index is 13.7. The molecule has 0 saturated carbocycles. The molecule has 0 spiro atoms. The SMILES string of the molecule is CC1(C)CC(N(c2nc(NN)nc(N(C3CC(C)(C)N([O])C(C)(C)C3)C3CC(C)(C)N([O])C(C)(C)C3)n2)C2CC(C)(C)N([O])C(C)(C)C2)CC(C)(C)N1[O]. The van der Waals surface area contributed by atoms with E-state index in [0.29, 0.717) is 63.3 Å². The number of hydrogen-bond donors (Lipinski definition) is 2. The van der Waals surface area contributed by atoms with E-state index in [1.165, 1.54) is 20.3 Å². The molecule has 4 aliphatic rings. The Morgan fingerprint density at radius 3 is 0.778 bits per heavy atom. The first-order valence-electron chi connectivity index (χ1n) is 20.0. The first kappa shape index (κ1) is 43.2. The second kappa shape index (κ2) is 13.6. The molecule has 4 radical (unpaired) electrons. The minimum atomic E-state index is -0.682. The molecule has 3 N–H and O–H groups in total. The molecule has 4 saturated heterocycles. The third kappa shape index (κ3) is 7.83. The summed E-state index contributed by atoms with van der Waals surface area (Å²) in [5.41, 5.74) is -2.72. The Labute approximate surface area is 325 Å². The number of rotatable bonds is 7. The van der Waals surface area contributed by atoms with Gasteiger partial charge in [0.15, 0.2) is 0 Å². The number of hydroxylamine groups is 8. The summed E-state index contributed by atoms with van der Waals surface area (Å²) < 4.78 is 0. The van der Waals surface area contributed by atoms with Crippen LogP contribution < -0.4 is 21.1 Å². The minimum absolute atomic E-state index is 0.146. The largest absolute Gasteiger partial charge is 0.334 e. The number of nitrogens with zero attached hydrogens (tertiary/aromatic N) is 9. The molecule has 5 heterocycles. The molecule has 1 aromatic heterocycles. The molecule has 1 aromatic rings. The monoisotopic (exact) mass is 758 g/mol. The maximum Gasteiger partial charge on any atom is 0.243 e. The van der Waals surface area contributed by atoms with Crippen molar-refractivity contribution in [2.45, 2.75) is 231 Å². The lowest BCUT2D eigenvalue weighted by Gasteiger charge is -2.57. The maximum absolute atomic E-state index is 13.7. The zero-order chi connectivity index (χ0) is 41.0. The van der Waals surface area contributed by atoms with Crippen molar-refractivity contribution in [3.63, 3.8) is 0 Å². The fourth-order valence-electron chi connectivity index (χ4n) is 11.5. The summed E-state index contributed by atoms with van der Waals surface area (Å²) in [6, 6.07) is -0.583. The fourth-order valence-corrected chi connectivity index (χ4v) is 11.5. The number of nitrogens with two attached hydrogens (primary N) is 1. The van der Waals surface area contributed by atoms with Gasteiger partial charge in [0.1, 0.15) is 0 Å². The Hall–Kier alpha value is -1.95. The van der Waals surface area contributed by atoms with Crippen LogP contribution in [0.5, 0.6) is 0 Å². The summed E-state index contributed by atoms with van der Waals surface area (Å²) in [5, 5.41) is 59.6. The van der Waals surface area contributed by atoms with Crippen molar-refractivity contribution in [3.8, 4) is 0 Å². The molecule has 306 valence electrons. The zero-order valence-electron chi connectivity index (χ0n) is 36.2. The Morgan fingerprint density at radius 1 is 0.426 bits per heavy atom. The minimum Gasteiger partial charge on any atom is -0.334 e. The third-order valence-corrected chi connectivity index (χ3v) is 13.1. The lowest BCUT2D eigenvalue weighted by Crippen LogP contribution is -2.68. The quantitative estimate of drug-likeness (QED) is 0.238. The normalized spacial score (nSPS) is 29.2. The summed E-state index contributed by atoms with van der Waals surface area (Å²) in [6.07, 6.45) is 4.47. The lowest BCUT2D eigenvalue weighted by atomic mass is 9.74. The summed E-state index contributed by atoms with van der Waals surface area (Å²) in [7, 11) is 0. The van der Waals surface area contributed by atoms with Crippen molar-refractivity contribution >= 4 is 17.8 Å². The molecule has 4 fully saturated rings. The van der Waals surface area contributed by atoms with E-state index in [1.54, 1.807) is 0 Å². The topological polar surface area (TPSA) is 176 Å². The van der Waals surface area contributed by atoms with Crippen LogP contribution in [0.15, 0.2) is 0 Å². The van der Waals surface area contributed by atoms with E-state index in [0.717, 1.165) is 0 Å². The van der Waals surface area contributed by atoms with Crippen LogP contribution in [0.3, 0.4) is 0 Å². The first-order valence-corrected chi connectivity index (χ1v) is 20.0. The van der Waals surface area contributed by atoms with Gasteiger partial charge in [0, 0.05) is 68.5 Å². The number of anilines is 3. The van der Waals surface area contributed by atoms with Gasteiger partial charge in [-0.15, -0.1) is 41.1 Å². The molecule has 5 rings (SSSR count). The predicted molar refractivity (Wildman–Crippen MR) is 207 cm³/mol. The van der Waals surface area contributed by atoms with E-state index in [1.807, 2.05) is 111 Å². The van der Waals surface area contributed by atoms with Crippen molar-refractivity contribution in [2.24, 2.45) is 5.84 Å². The van der Waals surface area contributed by atoms with E-state index >= 15 is 0 Å². The smallest absolute Gasteiger partial charge is 0.243 e. The van der Waals surface area contributed by atoms with Gasteiger partial charge in [0.2, 0.25) is 17.8 Å². The van der Waals surface area contributed by atoms with E-state index in [9.17, 15) is 20.8 Å². The second-order valence-electron chi connectivity index (χ2n) is 22.1. The molecule has 0 aliphatic carbocycles.